The average Bonchev–Trinajstić information content (AvgIpc) is 3.34. The van der Waals surface area contributed by atoms with E-state index in [4.69, 9.17) is 16.3 Å². The molecule has 134 valence electrons. The van der Waals surface area contributed by atoms with Crippen LogP contribution in [0.4, 0.5) is 5.13 Å². The average molecular weight is 454 g/mol. The third-order valence-corrected chi connectivity index (χ3v) is 7.91. The fourth-order valence-corrected chi connectivity index (χ4v) is 6.50. The first-order valence-electron chi connectivity index (χ1n) is 8.40. The van der Waals surface area contributed by atoms with E-state index in [2.05, 4.69) is 26.2 Å². The van der Waals surface area contributed by atoms with Gasteiger partial charge >= 0.3 is 5.97 Å². The Balaban J connectivity index is 1.35. The van der Waals surface area contributed by atoms with Gasteiger partial charge in [-0.15, -0.1) is 11.3 Å². The minimum atomic E-state index is -0.349. The van der Waals surface area contributed by atoms with Crippen molar-refractivity contribution in [2.75, 3.05) is 5.32 Å². The largest absolute Gasteiger partial charge is 0.461 e. The molecule has 0 radical (unpaired) electrons. The van der Waals surface area contributed by atoms with Gasteiger partial charge in [-0.3, -0.25) is 9.59 Å². The van der Waals surface area contributed by atoms with Gasteiger partial charge in [-0.1, -0.05) is 39.7 Å². The highest BCUT2D eigenvalue weighted by Gasteiger charge is 2.67. The topological polar surface area (TPSA) is 68.3 Å². The quantitative estimate of drug-likeness (QED) is 0.564. The van der Waals surface area contributed by atoms with Crippen molar-refractivity contribution >= 4 is 55.9 Å². The number of aromatic nitrogens is 1. The van der Waals surface area contributed by atoms with E-state index in [-0.39, 0.29) is 46.5 Å². The van der Waals surface area contributed by atoms with Crippen LogP contribution in [0.15, 0.2) is 29.6 Å². The number of alkyl halides is 1. The highest BCUT2D eigenvalue weighted by molar-refractivity contribution is 9.09. The van der Waals surface area contributed by atoms with Gasteiger partial charge in [0.1, 0.15) is 6.10 Å². The van der Waals surface area contributed by atoms with Gasteiger partial charge in [0.2, 0.25) is 5.91 Å². The molecule has 3 aliphatic rings. The van der Waals surface area contributed by atoms with Crippen molar-refractivity contribution in [1.82, 2.24) is 4.98 Å². The number of ether oxygens (including phenoxy) is 1. The smallest absolute Gasteiger partial charge is 0.310 e. The lowest BCUT2D eigenvalue weighted by Crippen LogP contribution is -2.40. The molecule has 5 rings (SSSR count). The number of halogens is 2. The van der Waals surface area contributed by atoms with Crippen LogP contribution in [-0.4, -0.2) is 27.8 Å². The molecular formula is C18H14BrClN2O3S. The van der Waals surface area contributed by atoms with E-state index in [0.29, 0.717) is 10.2 Å². The number of hydrogen-bond donors (Lipinski definition) is 1. The molecule has 1 amide bonds. The molecule has 3 fully saturated rings. The molecule has 8 heteroatoms. The zero-order valence-electron chi connectivity index (χ0n) is 13.4. The molecule has 5 nitrogen and oxygen atoms in total. The summed E-state index contributed by atoms with van der Waals surface area (Å²) >= 11 is 10.9. The second-order valence-electron chi connectivity index (χ2n) is 6.99. The predicted octanol–water partition coefficient (Wildman–Crippen LogP) is 3.97. The Hall–Kier alpha value is -1.44. The molecule has 26 heavy (non-hydrogen) atoms. The SMILES string of the molecule is O=C(Nc1nc(-c2ccc(Cl)cc2)cs1)[C@@H]1[C@H]2C[C@H]3[C@H](OC(=O)[C@H]31)[C@H]2Br. The fourth-order valence-electron chi connectivity index (χ4n) is 4.60. The lowest BCUT2D eigenvalue weighted by atomic mass is 9.79. The van der Waals surface area contributed by atoms with Gasteiger partial charge < -0.3 is 10.1 Å². The zero-order valence-corrected chi connectivity index (χ0v) is 16.6. The van der Waals surface area contributed by atoms with Gasteiger partial charge in [-0.2, -0.15) is 0 Å². The number of rotatable bonds is 3. The Labute approximate surface area is 167 Å². The summed E-state index contributed by atoms with van der Waals surface area (Å²) in [6.45, 7) is 0. The highest BCUT2D eigenvalue weighted by Crippen LogP contribution is 2.60. The van der Waals surface area contributed by atoms with Crippen molar-refractivity contribution in [2.45, 2.75) is 17.4 Å². The molecule has 1 aliphatic heterocycles. The van der Waals surface area contributed by atoms with Crippen molar-refractivity contribution in [3.05, 3.63) is 34.7 Å². The van der Waals surface area contributed by atoms with Crippen molar-refractivity contribution in [1.29, 1.82) is 0 Å². The Bertz CT molecular complexity index is 902. The van der Waals surface area contributed by atoms with Crippen molar-refractivity contribution in [3.63, 3.8) is 0 Å². The van der Waals surface area contributed by atoms with E-state index in [1.165, 1.54) is 11.3 Å². The summed E-state index contributed by atoms with van der Waals surface area (Å²) in [7, 11) is 0. The molecule has 1 aromatic carbocycles. The number of nitrogens with zero attached hydrogens (tertiary/aromatic N) is 1. The summed E-state index contributed by atoms with van der Waals surface area (Å²) in [6.07, 6.45) is 0.793. The monoisotopic (exact) mass is 452 g/mol. The van der Waals surface area contributed by atoms with E-state index in [1.807, 2.05) is 29.6 Å². The highest BCUT2D eigenvalue weighted by atomic mass is 79.9. The number of fused-ring (bicyclic) bond motifs is 1. The first-order chi connectivity index (χ1) is 12.5. The third kappa shape index (κ3) is 2.44. The van der Waals surface area contributed by atoms with Crippen molar-refractivity contribution in [2.24, 2.45) is 23.7 Å². The van der Waals surface area contributed by atoms with Crippen LogP contribution in [0.25, 0.3) is 11.3 Å². The van der Waals surface area contributed by atoms with E-state index in [1.54, 1.807) is 0 Å². The summed E-state index contributed by atoms with van der Waals surface area (Å²) in [4.78, 5) is 29.6. The molecule has 1 N–H and O–H groups in total. The molecule has 6 atom stereocenters. The minimum absolute atomic E-state index is 0.0619. The van der Waals surface area contributed by atoms with E-state index in [0.717, 1.165) is 17.7 Å². The normalized spacial score (nSPS) is 34.2. The molecule has 1 aromatic heterocycles. The molecule has 2 bridgehead atoms. The van der Waals surface area contributed by atoms with Gasteiger partial charge in [-0.25, -0.2) is 4.98 Å². The second kappa shape index (κ2) is 6.04. The Kier molecular flexibility index (Phi) is 3.88. The molecule has 2 aromatic rings. The van der Waals surface area contributed by atoms with Gasteiger partial charge in [0, 0.05) is 21.9 Å². The van der Waals surface area contributed by atoms with Gasteiger partial charge in [0.05, 0.1) is 22.4 Å². The number of benzene rings is 1. The van der Waals surface area contributed by atoms with E-state index < -0.39 is 0 Å². The number of hydrogen-bond acceptors (Lipinski definition) is 5. The van der Waals surface area contributed by atoms with E-state index >= 15 is 0 Å². The summed E-state index contributed by atoms with van der Waals surface area (Å²) < 4.78 is 5.46. The van der Waals surface area contributed by atoms with Gasteiger partial charge in [-0.05, 0) is 24.5 Å². The van der Waals surface area contributed by atoms with Crippen LogP contribution in [0.2, 0.25) is 5.02 Å². The molecule has 1 saturated heterocycles. The molecule has 2 saturated carbocycles. The maximum Gasteiger partial charge on any atom is 0.310 e. The summed E-state index contributed by atoms with van der Waals surface area (Å²) in [5.74, 6) is -0.731. The number of anilines is 1. The number of carbonyl (C=O) groups is 2. The van der Waals surface area contributed by atoms with Crippen LogP contribution < -0.4 is 5.32 Å². The Morgan fingerprint density at radius 1 is 1.31 bits per heavy atom. The summed E-state index contributed by atoms with van der Waals surface area (Å²) in [6, 6.07) is 7.40. The standard InChI is InChI=1S/C18H14BrClN2O3S/c19-14-9-5-10-13(17(24)25-15(10)14)12(9)16(23)22-18-21-11(6-26-18)7-1-3-8(20)4-2-7/h1-4,6,9-10,12-15H,5H2,(H,21,22,23)/t9-,10-,12-,13-,14+,15+/m1/s1. The Morgan fingerprint density at radius 2 is 2.08 bits per heavy atom. The molecule has 2 aliphatic carbocycles. The third-order valence-electron chi connectivity index (χ3n) is 5.70. The van der Waals surface area contributed by atoms with Crippen LogP contribution in [0, 0.1) is 23.7 Å². The summed E-state index contributed by atoms with van der Waals surface area (Å²) in [5, 5.41) is 6.01. The number of esters is 1. The lowest BCUT2D eigenvalue weighted by Gasteiger charge is -2.27. The molecule has 0 unspecified atom stereocenters. The number of amides is 1. The zero-order chi connectivity index (χ0) is 18.0. The lowest BCUT2D eigenvalue weighted by molar-refractivity contribution is -0.145. The van der Waals surface area contributed by atoms with Crippen molar-refractivity contribution < 1.29 is 14.3 Å². The van der Waals surface area contributed by atoms with Crippen LogP contribution >= 0.6 is 38.9 Å². The Morgan fingerprint density at radius 3 is 2.85 bits per heavy atom. The number of thiazole rings is 1. The maximum atomic E-state index is 12.9. The van der Waals surface area contributed by atoms with Gasteiger partial charge in [0.15, 0.2) is 5.13 Å². The fraction of sp³-hybridized carbons (Fsp3) is 0.389. The van der Waals surface area contributed by atoms with Crippen LogP contribution in [-0.2, 0) is 14.3 Å². The molecule has 2 heterocycles. The van der Waals surface area contributed by atoms with Crippen molar-refractivity contribution in [3.8, 4) is 11.3 Å². The molecule has 0 spiro atoms. The summed E-state index contributed by atoms with van der Waals surface area (Å²) in [5.41, 5.74) is 1.72. The second-order valence-corrected chi connectivity index (χ2v) is 9.35. The number of carbonyl (C=O) groups excluding carboxylic acids is 2. The predicted molar refractivity (Wildman–Crippen MR) is 102 cm³/mol. The van der Waals surface area contributed by atoms with Crippen LogP contribution in [0.3, 0.4) is 0 Å². The van der Waals surface area contributed by atoms with Crippen LogP contribution in [0.1, 0.15) is 6.42 Å². The first-order valence-corrected chi connectivity index (χ1v) is 10.6. The molecular weight excluding hydrogens is 440 g/mol. The van der Waals surface area contributed by atoms with E-state index in [9.17, 15) is 9.59 Å². The number of nitrogens with one attached hydrogen (secondary N) is 1. The first kappa shape index (κ1) is 16.7. The maximum absolute atomic E-state index is 12.9. The van der Waals surface area contributed by atoms with Gasteiger partial charge in [0.25, 0.3) is 0 Å². The minimum Gasteiger partial charge on any atom is -0.461 e. The van der Waals surface area contributed by atoms with Crippen LogP contribution in [0.5, 0.6) is 0 Å².